The second-order valence-electron chi connectivity index (χ2n) is 3.61. The highest BCUT2D eigenvalue weighted by Gasteiger charge is 2.06. The van der Waals surface area contributed by atoms with E-state index >= 15 is 0 Å². The molecule has 98 valence electrons. The summed E-state index contributed by atoms with van der Waals surface area (Å²) in [5.74, 6) is 0.106. The number of nitrogens with zero attached hydrogens (tertiary/aromatic N) is 1. The third-order valence-electron chi connectivity index (χ3n) is 2.33. The summed E-state index contributed by atoms with van der Waals surface area (Å²) < 4.78 is 9.82. The molecule has 1 amide bonds. The summed E-state index contributed by atoms with van der Waals surface area (Å²) in [5.41, 5.74) is 2.93. The van der Waals surface area contributed by atoms with E-state index in [2.05, 4.69) is 10.5 Å². The third-order valence-corrected chi connectivity index (χ3v) is 2.33. The lowest BCUT2D eigenvalue weighted by atomic mass is 10.2. The van der Waals surface area contributed by atoms with E-state index in [1.165, 1.54) is 31.7 Å². The molecule has 0 radical (unpaired) electrons. The zero-order valence-electron chi connectivity index (χ0n) is 10.2. The fraction of sp³-hybridized carbons (Fsp3) is 0.0769. The Balaban J connectivity index is 1.99. The number of amides is 1. The molecule has 0 unspecified atom stereocenters. The van der Waals surface area contributed by atoms with Gasteiger partial charge in [0.2, 0.25) is 0 Å². The van der Waals surface area contributed by atoms with E-state index in [0.717, 1.165) is 0 Å². The fourth-order valence-corrected chi connectivity index (χ4v) is 1.42. The van der Waals surface area contributed by atoms with Crippen LogP contribution in [0.4, 0.5) is 0 Å². The van der Waals surface area contributed by atoms with E-state index in [1.54, 1.807) is 18.2 Å². The molecule has 0 bridgehead atoms. The predicted molar refractivity (Wildman–Crippen MR) is 68.4 cm³/mol. The molecule has 0 saturated carbocycles. The van der Waals surface area contributed by atoms with Gasteiger partial charge in [0.05, 0.1) is 19.6 Å². The van der Waals surface area contributed by atoms with Gasteiger partial charge in [-0.25, -0.2) is 5.43 Å². The van der Waals surface area contributed by atoms with Crippen molar-refractivity contribution in [1.82, 2.24) is 5.43 Å². The van der Waals surface area contributed by atoms with Crippen LogP contribution in [0.1, 0.15) is 16.1 Å². The molecule has 0 fully saturated rings. The molecule has 2 aromatic rings. The van der Waals surface area contributed by atoms with Crippen molar-refractivity contribution in [3.8, 4) is 11.5 Å². The van der Waals surface area contributed by atoms with Crippen LogP contribution in [-0.4, -0.2) is 24.3 Å². The molecule has 0 aliphatic carbocycles. The molecule has 0 spiro atoms. The number of ether oxygens (including phenoxy) is 1. The van der Waals surface area contributed by atoms with Crippen LogP contribution in [-0.2, 0) is 0 Å². The van der Waals surface area contributed by atoms with E-state index in [0.29, 0.717) is 11.3 Å². The van der Waals surface area contributed by atoms with E-state index in [1.807, 2.05) is 0 Å². The highest BCUT2D eigenvalue weighted by molar-refractivity contribution is 5.92. The standard InChI is InChI=1S/C13H12N2O4/c1-18-11-5-4-9(7-10(11)16)8-14-15-13(17)12-3-2-6-19-12/h2-8,16H,1H3,(H,15,17). The number of hydrogen-bond donors (Lipinski definition) is 2. The number of phenols is 1. The molecule has 0 aliphatic rings. The molecule has 0 saturated heterocycles. The number of carbonyl (C=O) groups excluding carboxylic acids is 1. The van der Waals surface area contributed by atoms with Crippen molar-refractivity contribution < 1.29 is 19.1 Å². The maximum absolute atomic E-state index is 11.5. The molecule has 2 N–H and O–H groups in total. The van der Waals surface area contributed by atoms with Gasteiger partial charge in [0.25, 0.3) is 0 Å². The molecule has 0 aliphatic heterocycles. The van der Waals surface area contributed by atoms with Crippen molar-refractivity contribution in [2.45, 2.75) is 0 Å². The molecule has 1 aromatic carbocycles. The van der Waals surface area contributed by atoms with Gasteiger partial charge < -0.3 is 14.3 Å². The number of furan rings is 1. The van der Waals surface area contributed by atoms with E-state index in [-0.39, 0.29) is 11.5 Å². The predicted octanol–water partition coefficient (Wildman–Crippen LogP) is 1.76. The summed E-state index contributed by atoms with van der Waals surface area (Å²) in [7, 11) is 1.46. The summed E-state index contributed by atoms with van der Waals surface area (Å²) in [5, 5.41) is 13.3. The van der Waals surface area contributed by atoms with Gasteiger partial charge in [-0.15, -0.1) is 0 Å². The number of phenolic OH excluding ortho intramolecular Hbond substituents is 1. The van der Waals surface area contributed by atoms with Crippen molar-refractivity contribution >= 4 is 12.1 Å². The Kier molecular flexibility index (Phi) is 3.82. The first-order valence-electron chi connectivity index (χ1n) is 5.44. The second kappa shape index (κ2) is 5.72. The van der Waals surface area contributed by atoms with Gasteiger partial charge in [-0.1, -0.05) is 0 Å². The van der Waals surface area contributed by atoms with Gasteiger partial charge in [-0.3, -0.25) is 4.79 Å². The van der Waals surface area contributed by atoms with Crippen LogP contribution in [0.3, 0.4) is 0 Å². The molecular weight excluding hydrogens is 248 g/mol. The number of hydrazone groups is 1. The molecular formula is C13H12N2O4. The second-order valence-corrected chi connectivity index (χ2v) is 3.61. The Hall–Kier alpha value is -2.76. The van der Waals surface area contributed by atoms with Crippen LogP contribution in [0.2, 0.25) is 0 Å². The van der Waals surface area contributed by atoms with Gasteiger partial charge >= 0.3 is 5.91 Å². The van der Waals surface area contributed by atoms with Gasteiger partial charge in [0.15, 0.2) is 17.3 Å². The van der Waals surface area contributed by atoms with Gasteiger partial charge in [0, 0.05) is 0 Å². The third kappa shape index (κ3) is 3.12. The molecule has 1 aromatic heterocycles. The van der Waals surface area contributed by atoms with Crippen LogP contribution in [0.25, 0.3) is 0 Å². The number of nitrogens with one attached hydrogen (secondary N) is 1. The van der Waals surface area contributed by atoms with Gasteiger partial charge in [0.1, 0.15) is 0 Å². The van der Waals surface area contributed by atoms with Crippen molar-refractivity contribution in [1.29, 1.82) is 0 Å². The van der Waals surface area contributed by atoms with Crippen LogP contribution in [0.5, 0.6) is 11.5 Å². The van der Waals surface area contributed by atoms with E-state index in [9.17, 15) is 9.90 Å². The topological polar surface area (TPSA) is 84.1 Å². The first-order valence-corrected chi connectivity index (χ1v) is 5.44. The number of rotatable bonds is 4. The average Bonchev–Trinajstić information content (AvgIpc) is 2.93. The summed E-state index contributed by atoms with van der Waals surface area (Å²) in [4.78, 5) is 11.5. The van der Waals surface area contributed by atoms with Crippen LogP contribution in [0.15, 0.2) is 46.1 Å². The number of aromatic hydroxyl groups is 1. The monoisotopic (exact) mass is 260 g/mol. The summed E-state index contributed by atoms with van der Waals surface area (Å²) in [6.07, 6.45) is 2.81. The highest BCUT2D eigenvalue weighted by Crippen LogP contribution is 2.25. The van der Waals surface area contributed by atoms with Crippen molar-refractivity contribution in [3.05, 3.63) is 47.9 Å². The van der Waals surface area contributed by atoms with Crippen LogP contribution < -0.4 is 10.2 Å². The average molecular weight is 260 g/mol. The zero-order valence-corrected chi connectivity index (χ0v) is 10.2. The minimum absolute atomic E-state index is 0.00353. The number of carbonyl (C=O) groups is 1. The number of hydrogen-bond acceptors (Lipinski definition) is 5. The van der Waals surface area contributed by atoms with Gasteiger partial charge in [-0.05, 0) is 35.9 Å². The fourth-order valence-electron chi connectivity index (χ4n) is 1.42. The summed E-state index contributed by atoms with van der Waals surface area (Å²) in [6.45, 7) is 0. The first-order chi connectivity index (χ1) is 9.20. The highest BCUT2D eigenvalue weighted by atomic mass is 16.5. The van der Waals surface area contributed by atoms with Crippen molar-refractivity contribution in [2.24, 2.45) is 5.10 Å². The van der Waals surface area contributed by atoms with E-state index in [4.69, 9.17) is 9.15 Å². The van der Waals surface area contributed by atoms with E-state index < -0.39 is 5.91 Å². The van der Waals surface area contributed by atoms with Crippen LogP contribution in [0, 0.1) is 0 Å². The Morgan fingerprint density at radius 3 is 2.95 bits per heavy atom. The van der Waals surface area contributed by atoms with Crippen molar-refractivity contribution in [2.75, 3.05) is 7.11 Å². The maximum Gasteiger partial charge on any atom is 0.307 e. The SMILES string of the molecule is COc1ccc(C=NNC(=O)c2ccco2)cc1O. The molecule has 19 heavy (non-hydrogen) atoms. The van der Waals surface area contributed by atoms with Crippen LogP contribution >= 0.6 is 0 Å². The molecule has 6 nitrogen and oxygen atoms in total. The molecule has 0 atom stereocenters. The smallest absolute Gasteiger partial charge is 0.307 e. The Morgan fingerprint density at radius 1 is 1.47 bits per heavy atom. The lowest BCUT2D eigenvalue weighted by Gasteiger charge is -2.02. The normalized spacial score (nSPS) is 10.6. The Labute approximate surface area is 109 Å². The quantitative estimate of drug-likeness (QED) is 0.648. The summed E-state index contributed by atoms with van der Waals surface area (Å²) in [6, 6.07) is 7.91. The molecule has 2 rings (SSSR count). The van der Waals surface area contributed by atoms with Gasteiger partial charge in [-0.2, -0.15) is 5.10 Å². The summed E-state index contributed by atoms with van der Waals surface area (Å²) >= 11 is 0. The largest absolute Gasteiger partial charge is 0.504 e. The minimum Gasteiger partial charge on any atom is -0.504 e. The Bertz CT molecular complexity index is 591. The number of methoxy groups -OCH3 is 1. The van der Waals surface area contributed by atoms with Crippen molar-refractivity contribution in [3.63, 3.8) is 0 Å². The minimum atomic E-state index is -0.445. The molecule has 1 heterocycles. The first kappa shape index (κ1) is 12.7. The lowest BCUT2D eigenvalue weighted by molar-refractivity contribution is 0.0927. The molecule has 6 heteroatoms. The zero-order chi connectivity index (χ0) is 13.7. The Morgan fingerprint density at radius 2 is 2.32 bits per heavy atom. The number of benzene rings is 1. The lowest BCUT2D eigenvalue weighted by Crippen LogP contribution is -2.16. The maximum atomic E-state index is 11.5.